The second-order valence-corrected chi connectivity index (χ2v) is 4.44. The Kier molecular flexibility index (Phi) is 3.98. The van der Waals surface area contributed by atoms with Gasteiger partial charge in [0.2, 0.25) is 11.1 Å². The number of hydrogen-bond donors (Lipinski definition) is 0. The Balaban J connectivity index is 2.60. The van der Waals surface area contributed by atoms with E-state index in [1.54, 1.807) is 24.7 Å². The molecule has 0 saturated carbocycles. The van der Waals surface area contributed by atoms with Gasteiger partial charge in [0.15, 0.2) is 0 Å². The summed E-state index contributed by atoms with van der Waals surface area (Å²) in [5, 5.41) is 4.11. The molecule has 0 aliphatic heterocycles. The molecule has 0 bridgehead atoms. The predicted molar refractivity (Wildman–Crippen MR) is 75.3 cm³/mol. The van der Waals surface area contributed by atoms with Gasteiger partial charge in [0.25, 0.3) is 0 Å². The fourth-order valence-corrected chi connectivity index (χ4v) is 1.89. The molecule has 0 saturated heterocycles. The molecule has 0 N–H and O–H groups in total. The first-order valence-corrected chi connectivity index (χ1v) is 6.38. The van der Waals surface area contributed by atoms with E-state index in [0.717, 1.165) is 11.3 Å². The van der Waals surface area contributed by atoms with Crippen LogP contribution in [0.5, 0.6) is 0 Å². The van der Waals surface area contributed by atoms with E-state index < -0.39 is 11.4 Å². The van der Waals surface area contributed by atoms with Gasteiger partial charge >= 0.3 is 5.97 Å². The van der Waals surface area contributed by atoms with Crippen molar-refractivity contribution < 1.29 is 9.53 Å². The zero-order valence-corrected chi connectivity index (χ0v) is 11.7. The van der Waals surface area contributed by atoms with E-state index in [1.807, 2.05) is 31.2 Å². The van der Waals surface area contributed by atoms with Crippen molar-refractivity contribution in [2.45, 2.75) is 20.8 Å². The lowest BCUT2D eigenvalue weighted by atomic mass is 10.2. The lowest BCUT2D eigenvalue weighted by Gasteiger charge is -2.11. The first-order valence-electron chi connectivity index (χ1n) is 6.38. The van der Waals surface area contributed by atoms with Crippen molar-refractivity contribution in [3.63, 3.8) is 0 Å². The topological polar surface area (TPSA) is 61.2 Å². The molecule has 0 aliphatic rings. The van der Waals surface area contributed by atoms with E-state index in [4.69, 9.17) is 4.74 Å². The molecule has 0 spiro atoms. The smallest absolute Gasteiger partial charge is 0.362 e. The molecule has 20 heavy (non-hydrogen) atoms. The zero-order valence-electron chi connectivity index (χ0n) is 11.7. The normalized spacial score (nSPS) is 10.3. The number of aryl methyl sites for hydroxylation is 2. The van der Waals surface area contributed by atoms with Crippen LogP contribution in [-0.4, -0.2) is 22.4 Å². The second-order valence-electron chi connectivity index (χ2n) is 4.44. The van der Waals surface area contributed by atoms with E-state index in [9.17, 15) is 9.59 Å². The minimum atomic E-state index is -0.691. The summed E-state index contributed by atoms with van der Waals surface area (Å²) < 4.78 is 6.41. The maximum Gasteiger partial charge on any atom is 0.362 e. The average molecular weight is 272 g/mol. The van der Waals surface area contributed by atoms with Gasteiger partial charge in [-0.2, -0.15) is 5.10 Å². The molecule has 0 amide bonds. The predicted octanol–water partition coefficient (Wildman–Crippen LogP) is 2.03. The van der Waals surface area contributed by atoms with Gasteiger partial charge in [-0.1, -0.05) is 18.2 Å². The molecular formula is C15H16N2O3. The summed E-state index contributed by atoms with van der Waals surface area (Å²) in [6.07, 6.45) is 1.62. The zero-order chi connectivity index (χ0) is 14.7. The maximum atomic E-state index is 12.0. The Morgan fingerprint density at radius 1 is 1.25 bits per heavy atom. The highest BCUT2D eigenvalue weighted by atomic mass is 16.5. The summed E-state index contributed by atoms with van der Waals surface area (Å²) >= 11 is 0. The van der Waals surface area contributed by atoms with Crippen LogP contribution in [0.4, 0.5) is 0 Å². The minimum absolute atomic E-state index is 0.185. The summed E-state index contributed by atoms with van der Waals surface area (Å²) in [5.74, 6) is -0.691. The lowest BCUT2D eigenvalue weighted by Crippen LogP contribution is -2.25. The summed E-state index contributed by atoms with van der Waals surface area (Å²) in [6, 6.07) is 7.61. The lowest BCUT2D eigenvalue weighted by molar-refractivity contribution is 0.0515. The van der Waals surface area contributed by atoms with Crippen molar-refractivity contribution in [3.05, 3.63) is 57.5 Å². The minimum Gasteiger partial charge on any atom is -0.461 e. The maximum absolute atomic E-state index is 12.0. The van der Waals surface area contributed by atoms with Crippen molar-refractivity contribution in [1.82, 2.24) is 9.78 Å². The van der Waals surface area contributed by atoms with Gasteiger partial charge in [-0.05, 0) is 32.4 Å². The van der Waals surface area contributed by atoms with Gasteiger partial charge in [0.05, 0.1) is 12.3 Å². The van der Waals surface area contributed by atoms with Crippen LogP contribution in [0.25, 0.3) is 5.69 Å². The first-order chi connectivity index (χ1) is 9.54. The van der Waals surface area contributed by atoms with Crippen LogP contribution in [0.1, 0.15) is 28.5 Å². The monoisotopic (exact) mass is 272 g/mol. The van der Waals surface area contributed by atoms with Crippen LogP contribution >= 0.6 is 0 Å². The van der Waals surface area contributed by atoms with Crippen LogP contribution < -0.4 is 5.43 Å². The van der Waals surface area contributed by atoms with Crippen LogP contribution in [0.2, 0.25) is 0 Å². The number of para-hydroxylation sites is 1. The molecule has 104 valence electrons. The SMILES string of the molecule is CCOC(=O)c1nn(-c2ccccc2C)cc(C)c1=O. The molecule has 1 aromatic heterocycles. The number of esters is 1. The highest BCUT2D eigenvalue weighted by Gasteiger charge is 2.17. The van der Waals surface area contributed by atoms with Crippen LogP contribution in [-0.2, 0) is 4.74 Å². The number of hydrogen-bond acceptors (Lipinski definition) is 4. The van der Waals surface area contributed by atoms with E-state index in [0.29, 0.717) is 5.56 Å². The molecular weight excluding hydrogens is 256 g/mol. The number of benzene rings is 1. The fraction of sp³-hybridized carbons (Fsp3) is 0.267. The molecule has 0 aliphatic carbocycles. The van der Waals surface area contributed by atoms with Crippen molar-refractivity contribution in [2.24, 2.45) is 0 Å². The van der Waals surface area contributed by atoms with E-state index in [-0.39, 0.29) is 12.3 Å². The van der Waals surface area contributed by atoms with Gasteiger partial charge in [0.1, 0.15) is 0 Å². The highest BCUT2D eigenvalue weighted by molar-refractivity contribution is 5.87. The van der Waals surface area contributed by atoms with Gasteiger partial charge < -0.3 is 4.74 Å². The Morgan fingerprint density at radius 3 is 2.60 bits per heavy atom. The number of carbonyl (C=O) groups is 1. The number of carbonyl (C=O) groups excluding carboxylic acids is 1. The molecule has 5 nitrogen and oxygen atoms in total. The molecule has 0 fully saturated rings. The quantitative estimate of drug-likeness (QED) is 0.802. The Morgan fingerprint density at radius 2 is 1.95 bits per heavy atom. The second kappa shape index (κ2) is 5.69. The number of aromatic nitrogens is 2. The van der Waals surface area contributed by atoms with E-state index in [1.165, 1.54) is 0 Å². The molecule has 0 unspecified atom stereocenters. The van der Waals surface area contributed by atoms with E-state index >= 15 is 0 Å². The number of nitrogens with zero attached hydrogens (tertiary/aromatic N) is 2. The summed E-state index contributed by atoms with van der Waals surface area (Å²) in [5.41, 5.74) is 1.69. The molecule has 1 heterocycles. The van der Waals surface area contributed by atoms with Gasteiger partial charge in [-0.3, -0.25) is 4.79 Å². The Labute approximate surface area is 116 Å². The number of ether oxygens (including phenoxy) is 1. The molecule has 5 heteroatoms. The third kappa shape index (κ3) is 2.61. The van der Waals surface area contributed by atoms with Crippen molar-refractivity contribution in [3.8, 4) is 5.69 Å². The summed E-state index contributed by atoms with van der Waals surface area (Å²) in [4.78, 5) is 23.8. The molecule has 1 aromatic carbocycles. The third-order valence-electron chi connectivity index (χ3n) is 2.93. The molecule has 0 atom stereocenters. The number of rotatable bonds is 3. The van der Waals surface area contributed by atoms with Crippen LogP contribution in [0, 0.1) is 13.8 Å². The largest absolute Gasteiger partial charge is 0.461 e. The molecule has 0 radical (unpaired) electrons. The Bertz CT molecular complexity index is 705. The summed E-state index contributed by atoms with van der Waals surface area (Å²) in [7, 11) is 0. The average Bonchev–Trinajstić information content (AvgIpc) is 2.42. The van der Waals surface area contributed by atoms with Gasteiger partial charge in [-0.15, -0.1) is 0 Å². The van der Waals surface area contributed by atoms with Crippen molar-refractivity contribution in [1.29, 1.82) is 0 Å². The van der Waals surface area contributed by atoms with Crippen LogP contribution in [0.15, 0.2) is 35.3 Å². The highest BCUT2D eigenvalue weighted by Crippen LogP contribution is 2.12. The summed E-state index contributed by atoms with van der Waals surface area (Å²) in [6.45, 7) is 5.49. The molecule has 2 rings (SSSR count). The van der Waals surface area contributed by atoms with Crippen molar-refractivity contribution >= 4 is 5.97 Å². The van der Waals surface area contributed by atoms with Gasteiger partial charge in [0, 0.05) is 11.8 Å². The standard InChI is InChI=1S/C15H16N2O3/c1-4-20-15(19)13-14(18)11(3)9-17(16-13)12-8-6-5-7-10(12)2/h5-9H,4H2,1-3H3. The third-order valence-corrected chi connectivity index (χ3v) is 2.93. The van der Waals surface area contributed by atoms with Crippen molar-refractivity contribution in [2.75, 3.05) is 6.61 Å². The first kappa shape index (κ1) is 14.0. The van der Waals surface area contributed by atoms with E-state index in [2.05, 4.69) is 5.10 Å². The Hall–Kier alpha value is -2.43. The van der Waals surface area contributed by atoms with Gasteiger partial charge in [-0.25, -0.2) is 9.48 Å². The fourth-order valence-electron chi connectivity index (χ4n) is 1.89. The molecule has 2 aromatic rings. The van der Waals surface area contributed by atoms with Crippen LogP contribution in [0.3, 0.4) is 0 Å².